The first-order chi connectivity index (χ1) is 6.00. The van der Waals surface area contributed by atoms with E-state index in [4.69, 9.17) is 5.11 Å². The van der Waals surface area contributed by atoms with Gasteiger partial charge in [0.1, 0.15) is 0 Å². The lowest BCUT2D eigenvalue weighted by atomic mass is 10.4. The van der Waals surface area contributed by atoms with Crippen LogP contribution >= 0.6 is 0 Å². The largest absolute Gasteiger partial charge is 0.493 e. The molecule has 3 N–H and O–H groups in total. The summed E-state index contributed by atoms with van der Waals surface area (Å²) in [6.45, 7) is 3.55. The van der Waals surface area contributed by atoms with E-state index in [1.165, 1.54) is 0 Å². The van der Waals surface area contributed by atoms with Gasteiger partial charge in [-0.2, -0.15) is 0 Å². The van der Waals surface area contributed by atoms with Crippen LogP contribution in [0.15, 0.2) is 11.0 Å². The Morgan fingerprint density at radius 1 is 1.69 bits per heavy atom. The first kappa shape index (κ1) is 9.37. The van der Waals surface area contributed by atoms with Crippen molar-refractivity contribution in [3.05, 3.63) is 16.7 Å². The molecule has 0 atom stereocenters. The molecule has 1 aromatic rings. The number of aromatic hydroxyl groups is 1. The van der Waals surface area contributed by atoms with Crippen LogP contribution in [0.3, 0.4) is 0 Å². The molecular formula is C7H11N3O3. The van der Waals surface area contributed by atoms with Crippen LogP contribution in [0.25, 0.3) is 0 Å². The third-order valence-corrected chi connectivity index (χ3v) is 1.34. The van der Waals surface area contributed by atoms with E-state index >= 15 is 0 Å². The Balaban J connectivity index is 2.89. The number of nitrogens with one attached hydrogen (secondary N) is 2. The van der Waals surface area contributed by atoms with E-state index in [0.29, 0.717) is 0 Å². The van der Waals surface area contributed by atoms with Crippen molar-refractivity contribution >= 4 is 6.03 Å². The summed E-state index contributed by atoms with van der Waals surface area (Å²) in [6, 6.07) is -0.618. The van der Waals surface area contributed by atoms with E-state index in [0.717, 1.165) is 10.8 Å². The molecular weight excluding hydrogens is 174 g/mol. The summed E-state index contributed by atoms with van der Waals surface area (Å²) >= 11 is 0. The van der Waals surface area contributed by atoms with Crippen molar-refractivity contribution in [3.63, 3.8) is 0 Å². The fourth-order valence-electron chi connectivity index (χ4n) is 0.850. The summed E-state index contributed by atoms with van der Waals surface area (Å²) < 4.78 is 0.773. The van der Waals surface area contributed by atoms with Crippen molar-refractivity contribution in [2.75, 3.05) is 0 Å². The Bertz CT molecular complexity index is 363. The second kappa shape index (κ2) is 3.34. The molecule has 0 unspecified atom stereocenters. The summed E-state index contributed by atoms with van der Waals surface area (Å²) in [5.74, 6) is -0.330. The minimum Gasteiger partial charge on any atom is -0.493 e. The van der Waals surface area contributed by atoms with Gasteiger partial charge in [-0.25, -0.2) is 14.2 Å². The molecule has 1 rings (SSSR count). The number of hydrogen-bond acceptors (Lipinski definition) is 3. The lowest BCUT2D eigenvalue weighted by molar-refractivity contribution is 0.239. The van der Waals surface area contributed by atoms with Crippen LogP contribution in [0.5, 0.6) is 5.88 Å². The van der Waals surface area contributed by atoms with Gasteiger partial charge in [0.25, 0.3) is 0 Å². The fraction of sp³-hybridized carbons (Fsp3) is 0.429. The van der Waals surface area contributed by atoms with E-state index in [9.17, 15) is 9.59 Å². The van der Waals surface area contributed by atoms with Gasteiger partial charge in [-0.1, -0.05) is 0 Å². The highest BCUT2D eigenvalue weighted by Crippen LogP contribution is 1.96. The highest BCUT2D eigenvalue weighted by molar-refractivity contribution is 5.76. The molecule has 0 saturated carbocycles. The maximum atomic E-state index is 11.2. The Hall–Kier alpha value is -1.72. The average Bonchev–Trinajstić information content (AvgIpc) is 2.28. The number of rotatable bonds is 1. The van der Waals surface area contributed by atoms with Gasteiger partial charge in [0.15, 0.2) is 0 Å². The molecule has 6 heteroatoms. The number of aromatic nitrogens is 2. The van der Waals surface area contributed by atoms with Crippen LogP contribution in [0.1, 0.15) is 13.8 Å². The molecule has 6 nitrogen and oxygen atoms in total. The Morgan fingerprint density at radius 3 is 2.69 bits per heavy atom. The maximum Gasteiger partial charge on any atom is 0.336 e. The van der Waals surface area contributed by atoms with Gasteiger partial charge < -0.3 is 10.4 Å². The van der Waals surface area contributed by atoms with E-state index in [1.54, 1.807) is 13.8 Å². The standard InChI is InChI=1S/C7H11N3O3/c1-4(2)8-6(12)10-3-5(11)9-7(10)13/h3-4,11H,1-2H3,(H,8,12)(H,9,13). The molecule has 13 heavy (non-hydrogen) atoms. The third-order valence-electron chi connectivity index (χ3n) is 1.34. The third kappa shape index (κ3) is 2.11. The maximum absolute atomic E-state index is 11.2. The van der Waals surface area contributed by atoms with Gasteiger partial charge in [-0.3, -0.25) is 4.98 Å². The number of aromatic amines is 1. The molecule has 0 fully saturated rings. The molecule has 1 aromatic heterocycles. The SMILES string of the molecule is CC(C)NC(=O)n1cc(O)[nH]c1=O. The van der Waals surface area contributed by atoms with Crippen LogP contribution in [0.4, 0.5) is 4.79 Å². The van der Waals surface area contributed by atoms with Crippen LogP contribution in [0, 0.1) is 0 Å². The molecule has 1 amide bonds. The van der Waals surface area contributed by atoms with E-state index in [2.05, 4.69) is 10.3 Å². The molecule has 0 saturated heterocycles. The smallest absolute Gasteiger partial charge is 0.336 e. The zero-order valence-electron chi connectivity index (χ0n) is 7.37. The molecule has 1 heterocycles. The van der Waals surface area contributed by atoms with Gasteiger partial charge in [0.2, 0.25) is 5.88 Å². The molecule has 0 aromatic carbocycles. The number of imidazole rings is 1. The van der Waals surface area contributed by atoms with Crippen molar-refractivity contribution < 1.29 is 9.90 Å². The number of amides is 1. The summed E-state index contributed by atoms with van der Waals surface area (Å²) in [5, 5.41) is 11.4. The van der Waals surface area contributed by atoms with Crippen molar-refractivity contribution in [3.8, 4) is 5.88 Å². The Morgan fingerprint density at radius 2 is 2.31 bits per heavy atom. The fourth-order valence-corrected chi connectivity index (χ4v) is 0.850. The average molecular weight is 185 g/mol. The van der Waals surface area contributed by atoms with Gasteiger partial charge in [-0.15, -0.1) is 0 Å². The van der Waals surface area contributed by atoms with Gasteiger partial charge in [0.05, 0.1) is 6.20 Å². The number of H-pyrrole nitrogens is 1. The first-order valence-corrected chi connectivity index (χ1v) is 3.82. The number of carbonyl (C=O) groups is 1. The van der Waals surface area contributed by atoms with Crippen molar-refractivity contribution in [1.29, 1.82) is 0 Å². The van der Waals surface area contributed by atoms with Crippen molar-refractivity contribution in [1.82, 2.24) is 14.9 Å². The molecule has 0 aliphatic heterocycles. The highest BCUT2D eigenvalue weighted by Gasteiger charge is 2.10. The summed E-state index contributed by atoms with van der Waals surface area (Å²) in [7, 11) is 0. The quantitative estimate of drug-likeness (QED) is 0.568. The lowest BCUT2D eigenvalue weighted by Gasteiger charge is -2.06. The van der Waals surface area contributed by atoms with E-state index in [1.807, 2.05) is 0 Å². The first-order valence-electron chi connectivity index (χ1n) is 3.82. The summed E-state index contributed by atoms with van der Waals surface area (Å²) in [5.41, 5.74) is -0.657. The Kier molecular flexibility index (Phi) is 2.41. The molecule has 0 aliphatic carbocycles. The zero-order valence-corrected chi connectivity index (χ0v) is 7.37. The van der Waals surface area contributed by atoms with Crippen molar-refractivity contribution in [2.24, 2.45) is 0 Å². The van der Waals surface area contributed by atoms with Gasteiger partial charge in [0, 0.05) is 6.04 Å². The predicted molar refractivity (Wildman–Crippen MR) is 45.8 cm³/mol. The van der Waals surface area contributed by atoms with E-state index in [-0.39, 0.29) is 11.9 Å². The Labute approximate surface area is 74.2 Å². The van der Waals surface area contributed by atoms with Crippen LogP contribution in [0.2, 0.25) is 0 Å². The monoisotopic (exact) mass is 185 g/mol. The number of carbonyl (C=O) groups excluding carboxylic acids is 1. The summed E-state index contributed by atoms with van der Waals surface area (Å²) in [4.78, 5) is 24.2. The van der Waals surface area contributed by atoms with Gasteiger partial charge >= 0.3 is 11.7 Å². The van der Waals surface area contributed by atoms with Crippen LogP contribution in [-0.4, -0.2) is 26.7 Å². The molecule has 0 bridgehead atoms. The summed E-state index contributed by atoms with van der Waals surface area (Å²) in [6.07, 6.45) is 1.03. The number of hydrogen-bond donors (Lipinski definition) is 3. The number of nitrogens with zero attached hydrogens (tertiary/aromatic N) is 1. The van der Waals surface area contributed by atoms with E-state index < -0.39 is 11.7 Å². The van der Waals surface area contributed by atoms with Gasteiger partial charge in [-0.05, 0) is 13.8 Å². The minimum absolute atomic E-state index is 0.0588. The zero-order chi connectivity index (χ0) is 10.0. The topological polar surface area (TPSA) is 87.1 Å². The molecule has 0 spiro atoms. The van der Waals surface area contributed by atoms with Crippen LogP contribution < -0.4 is 11.0 Å². The normalized spacial score (nSPS) is 10.4. The van der Waals surface area contributed by atoms with Crippen molar-refractivity contribution in [2.45, 2.75) is 19.9 Å². The minimum atomic E-state index is -0.657. The lowest BCUT2D eigenvalue weighted by Crippen LogP contribution is -2.38. The van der Waals surface area contributed by atoms with Crippen LogP contribution in [-0.2, 0) is 0 Å². The predicted octanol–water partition coefficient (Wildman–Crippen LogP) is -0.152. The second-order valence-electron chi connectivity index (χ2n) is 2.92. The molecule has 72 valence electrons. The molecule has 0 radical (unpaired) electrons. The second-order valence-corrected chi connectivity index (χ2v) is 2.92. The highest BCUT2D eigenvalue weighted by atomic mass is 16.3. The molecule has 0 aliphatic rings.